The summed E-state index contributed by atoms with van der Waals surface area (Å²) in [5, 5.41) is 0. The van der Waals surface area contributed by atoms with Gasteiger partial charge in [0.25, 0.3) is 0 Å². The van der Waals surface area contributed by atoms with Crippen molar-refractivity contribution in [1.29, 1.82) is 0 Å². The van der Waals surface area contributed by atoms with Crippen LogP contribution in [0.2, 0.25) is 0 Å². The minimum atomic E-state index is 0.0450. The maximum atomic E-state index is 12.4. The van der Waals surface area contributed by atoms with Gasteiger partial charge in [-0.15, -0.1) is 0 Å². The topological polar surface area (TPSA) is 17.1 Å². The van der Waals surface area contributed by atoms with Crippen LogP contribution in [0.3, 0.4) is 0 Å². The van der Waals surface area contributed by atoms with Crippen molar-refractivity contribution < 1.29 is 4.79 Å². The third-order valence-corrected chi connectivity index (χ3v) is 4.19. The lowest BCUT2D eigenvalue weighted by atomic mass is 9.88. The van der Waals surface area contributed by atoms with Crippen LogP contribution in [-0.2, 0) is 4.79 Å². The molecule has 0 saturated heterocycles. The number of benzene rings is 2. The average molecular weight is 294 g/mol. The van der Waals surface area contributed by atoms with Gasteiger partial charge in [-0.1, -0.05) is 75.4 Å². The minimum Gasteiger partial charge on any atom is -0.299 e. The second-order valence-electron chi connectivity index (χ2n) is 6.35. The van der Waals surface area contributed by atoms with Crippen LogP contribution >= 0.6 is 0 Å². The van der Waals surface area contributed by atoms with E-state index < -0.39 is 0 Å². The number of Topliss-reactive ketones (excluding diaryl/α,β-unsaturated/α-hetero) is 1. The highest BCUT2D eigenvalue weighted by molar-refractivity contribution is 5.85. The molecule has 0 fully saturated rings. The largest absolute Gasteiger partial charge is 0.299 e. The maximum absolute atomic E-state index is 12.4. The fourth-order valence-electron chi connectivity index (χ4n) is 2.79. The summed E-state index contributed by atoms with van der Waals surface area (Å²) in [6.45, 7) is 6.44. The Kier molecular flexibility index (Phi) is 5.94. The van der Waals surface area contributed by atoms with Crippen molar-refractivity contribution in [2.75, 3.05) is 0 Å². The lowest BCUT2D eigenvalue weighted by molar-refractivity contribution is -0.120. The molecule has 0 heterocycles. The van der Waals surface area contributed by atoms with Crippen LogP contribution in [-0.4, -0.2) is 5.78 Å². The van der Waals surface area contributed by atoms with E-state index in [1.807, 2.05) is 18.2 Å². The molecular weight excluding hydrogens is 268 g/mol. The summed E-state index contributed by atoms with van der Waals surface area (Å²) in [5.74, 6) is 1.01. The van der Waals surface area contributed by atoms with E-state index in [0.29, 0.717) is 18.1 Å². The van der Waals surface area contributed by atoms with Gasteiger partial charge in [0.1, 0.15) is 5.78 Å². The zero-order valence-corrected chi connectivity index (χ0v) is 13.9. The Morgan fingerprint density at radius 1 is 0.909 bits per heavy atom. The molecule has 1 nitrogen and oxygen atoms in total. The Morgan fingerprint density at radius 2 is 1.50 bits per heavy atom. The molecule has 0 aromatic heterocycles. The standard InChI is InChI=1S/C21H26O/c1-4-20(21(22)15-10-16(2)3)19-13-11-18(12-14-19)17-8-6-5-7-9-17/h5-9,11-14,16,20H,4,10,15H2,1-3H3. The van der Waals surface area contributed by atoms with Crippen molar-refractivity contribution in [2.24, 2.45) is 5.92 Å². The molecule has 22 heavy (non-hydrogen) atoms. The van der Waals surface area contributed by atoms with Crippen molar-refractivity contribution in [3.63, 3.8) is 0 Å². The SMILES string of the molecule is CCC(C(=O)CCC(C)C)c1ccc(-c2ccccc2)cc1. The molecule has 0 radical (unpaired) electrons. The third-order valence-electron chi connectivity index (χ3n) is 4.19. The first-order valence-corrected chi connectivity index (χ1v) is 8.30. The molecule has 2 aromatic carbocycles. The molecule has 1 unspecified atom stereocenters. The van der Waals surface area contributed by atoms with Gasteiger partial charge in [0, 0.05) is 12.3 Å². The van der Waals surface area contributed by atoms with Gasteiger partial charge in [0.15, 0.2) is 0 Å². The van der Waals surface area contributed by atoms with E-state index in [2.05, 4.69) is 57.2 Å². The van der Waals surface area contributed by atoms with Gasteiger partial charge < -0.3 is 0 Å². The molecule has 1 atom stereocenters. The Morgan fingerprint density at radius 3 is 2.05 bits per heavy atom. The Balaban J connectivity index is 2.12. The Labute approximate surface area is 134 Å². The van der Waals surface area contributed by atoms with E-state index in [-0.39, 0.29) is 5.92 Å². The first-order valence-electron chi connectivity index (χ1n) is 8.30. The molecule has 0 aliphatic carbocycles. The van der Waals surface area contributed by atoms with E-state index in [4.69, 9.17) is 0 Å². The number of hydrogen-bond acceptors (Lipinski definition) is 1. The fraction of sp³-hybridized carbons (Fsp3) is 0.381. The van der Waals surface area contributed by atoms with Crippen LogP contribution in [0.4, 0.5) is 0 Å². The molecule has 116 valence electrons. The van der Waals surface area contributed by atoms with Crippen LogP contribution in [0.25, 0.3) is 11.1 Å². The van der Waals surface area contributed by atoms with Gasteiger partial charge in [0.05, 0.1) is 0 Å². The number of carbonyl (C=O) groups excluding carboxylic acids is 1. The monoisotopic (exact) mass is 294 g/mol. The summed E-state index contributed by atoms with van der Waals surface area (Å²) >= 11 is 0. The zero-order valence-electron chi connectivity index (χ0n) is 13.9. The van der Waals surface area contributed by atoms with Crippen molar-refractivity contribution in [1.82, 2.24) is 0 Å². The summed E-state index contributed by atoms with van der Waals surface area (Å²) < 4.78 is 0. The van der Waals surface area contributed by atoms with E-state index in [0.717, 1.165) is 18.4 Å². The highest BCUT2D eigenvalue weighted by Gasteiger charge is 2.18. The molecule has 0 amide bonds. The molecule has 2 rings (SSSR count). The first-order chi connectivity index (χ1) is 10.6. The van der Waals surface area contributed by atoms with E-state index >= 15 is 0 Å². The predicted octanol–water partition coefficient (Wildman–Crippen LogP) is 5.85. The third kappa shape index (κ3) is 4.30. The molecular formula is C21H26O. The lowest BCUT2D eigenvalue weighted by Gasteiger charge is -2.15. The van der Waals surface area contributed by atoms with Crippen molar-refractivity contribution in [3.05, 3.63) is 60.2 Å². The van der Waals surface area contributed by atoms with Gasteiger partial charge in [-0.2, -0.15) is 0 Å². The highest BCUT2D eigenvalue weighted by atomic mass is 16.1. The second kappa shape index (κ2) is 7.93. The zero-order chi connectivity index (χ0) is 15.9. The number of hydrogen-bond donors (Lipinski definition) is 0. The van der Waals surface area contributed by atoms with Crippen LogP contribution < -0.4 is 0 Å². The minimum absolute atomic E-state index is 0.0450. The van der Waals surface area contributed by atoms with E-state index in [9.17, 15) is 4.79 Å². The molecule has 0 spiro atoms. The molecule has 0 aliphatic heterocycles. The summed E-state index contributed by atoms with van der Waals surface area (Å²) in [6.07, 6.45) is 2.55. The molecule has 0 N–H and O–H groups in total. The van der Waals surface area contributed by atoms with E-state index in [1.165, 1.54) is 11.1 Å². The fourth-order valence-corrected chi connectivity index (χ4v) is 2.79. The Bertz CT molecular complexity index is 581. The molecule has 0 saturated carbocycles. The summed E-state index contributed by atoms with van der Waals surface area (Å²) in [6, 6.07) is 18.8. The Hall–Kier alpha value is -1.89. The van der Waals surface area contributed by atoms with Gasteiger partial charge >= 0.3 is 0 Å². The normalized spacial score (nSPS) is 12.4. The number of ketones is 1. The number of carbonyl (C=O) groups is 1. The van der Waals surface area contributed by atoms with Crippen LogP contribution in [0.15, 0.2) is 54.6 Å². The van der Waals surface area contributed by atoms with Gasteiger partial charge in [-0.05, 0) is 35.4 Å². The molecule has 2 aromatic rings. The quantitative estimate of drug-likeness (QED) is 0.625. The van der Waals surface area contributed by atoms with Gasteiger partial charge in [-0.25, -0.2) is 0 Å². The summed E-state index contributed by atoms with van der Waals surface area (Å²) in [5.41, 5.74) is 3.57. The summed E-state index contributed by atoms with van der Waals surface area (Å²) in [4.78, 5) is 12.4. The van der Waals surface area contributed by atoms with E-state index in [1.54, 1.807) is 0 Å². The average Bonchev–Trinajstić information content (AvgIpc) is 2.55. The highest BCUT2D eigenvalue weighted by Crippen LogP contribution is 2.26. The van der Waals surface area contributed by atoms with Crippen LogP contribution in [0, 0.1) is 5.92 Å². The van der Waals surface area contributed by atoms with Crippen LogP contribution in [0.1, 0.15) is 51.5 Å². The number of rotatable bonds is 7. The molecule has 1 heteroatoms. The lowest BCUT2D eigenvalue weighted by Crippen LogP contribution is -2.12. The van der Waals surface area contributed by atoms with Crippen molar-refractivity contribution >= 4 is 5.78 Å². The van der Waals surface area contributed by atoms with Crippen molar-refractivity contribution in [2.45, 2.75) is 46.0 Å². The predicted molar refractivity (Wildman–Crippen MR) is 94.0 cm³/mol. The molecule has 0 bridgehead atoms. The molecule has 0 aliphatic rings. The smallest absolute Gasteiger partial charge is 0.140 e. The van der Waals surface area contributed by atoms with Crippen molar-refractivity contribution in [3.8, 4) is 11.1 Å². The second-order valence-corrected chi connectivity index (χ2v) is 6.35. The first kappa shape index (κ1) is 16.5. The van der Waals surface area contributed by atoms with Crippen LogP contribution in [0.5, 0.6) is 0 Å². The summed E-state index contributed by atoms with van der Waals surface area (Å²) in [7, 11) is 0. The maximum Gasteiger partial charge on any atom is 0.140 e. The van der Waals surface area contributed by atoms with Gasteiger partial charge in [0.2, 0.25) is 0 Å². The van der Waals surface area contributed by atoms with Gasteiger partial charge in [-0.3, -0.25) is 4.79 Å².